The topological polar surface area (TPSA) is 118 Å². The Bertz CT molecular complexity index is 1740. The highest BCUT2D eigenvalue weighted by Crippen LogP contribution is 2.43. The van der Waals surface area contributed by atoms with Crippen molar-refractivity contribution < 1.29 is 14.2 Å². The fourth-order valence-electron chi connectivity index (χ4n) is 4.20. The lowest BCUT2D eigenvalue weighted by Gasteiger charge is -2.17. The highest BCUT2D eigenvalue weighted by atomic mass is 16.5. The van der Waals surface area contributed by atoms with Crippen LogP contribution in [0.15, 0.2) is 85.1 Å². The van der Waals surface area contributed by atoms with Crippen molar-refractivity contribution in [3.8, 4) is 35.3 Å². The number of allylic oxidation sites excluding steroid dienone is 1. The van der Waals surface area contributed by atoms with Crippen LogP contribution in [0.5, 0.6) is 23.1 Å². The maximum Gasteiger partial charge on any atom is 0.249 e. The van der Waals surface area contributed by atoms with E-state index in [0.29, 0.717) is 57.8 Å². The molecule has 0 atom stereocenters. The number of nitriles is 2. The molecule has 40 heavy (non-hydrogen) atoms. The average Bonchev–Trinajstić information content (AvgIpc) is 3.39. The van der Waals surface area contributed by atoms with Gasteiger partial charge in [0.15, 0.2) is 11.5 Å². The number of nitrogens with one attached hydrogen (secondary N) is 1. The molecule has 0 aliphatic carbocycles. The molecule has 0 bridgehead atoms. The third kappa shape index (κ3) is 5.54. The third-order valence-electron chi connectivity index (χ3n) is 6.08. The fourth-order valence-corrected chi connectivity index (χ4v) is 4.20. The Morgan fingerprint density at radius 2 is 1.65 bits per heavy atom. The SMILES string of the molecule is COc1cc(/C=C/C#N)cc(OC)c1Oc1nc(Nc2ccc(C#N)cc2)nc2ccn(Cc3ccccc3)c12. The van der Waals surface area contributed by atoms with Crippen LogP contribution < -0.4 is 19.5 Å². The Hall–Kier alpha value is -5.80. The maximum atomic E-state index is 9.11. The van der Waals surface area contributed by atoms with Gasteiger partial charge >= 0.3 is 0 Å². The summed E-state index contributed by atoms with van der Waals surface area (Å²) in [5, 5.41) is 21.3. The molecule has 196 valence electrons. The van der Waals surface area contributed by atoms with Crippen LogP contribution in [0.3, 0.4) is 0 Å². The van der Waals surface area contributed by atoms with Crippen molar-refractivity contribution in [3.05, 3.63) is 102 Å². The molecule has 0 fully saturated rings. The number of nitrogens with zero attached hydrogens (tertiary/aromatic N) is 5. The van der Waals surface area contributed by atoms with Crippen molar-refractivity contribution in [2.75, 3.05) is 19.5 Å². The predicted octanol–water partition coefficient (Wildman–Crippen LogP) is 6.44. The Morgan fingerprint density at radius 3 is 2.30 bits per heavy atom. The first-order chi connectivity index (χ1) is 19.6. The summed E-state index contributed by atoms with van der Waals surface area (Å²) in [4.78, 5) is 9.45. The molecule has 0 unspecified atom stereocenters. The monoisotopic (exact) mass is 528 g/mol. The van der Waals surface area contributed by atoms with E-state index in [1.165, 1.54) is 20.3 Å². The number of ether oxygens (including phenoxy) is 3. The largest absolute Gasteiger partial charge is 0.493 e. The molecule has 0 aliphatic heterocycles. The average molecular weight is 529 g/mol. The Morgan fingerprint density at radius 1 is 0.925 bits per heavy atom. The van der Waals surface area contributed by atoms with Gasteiger partial charge in [0, 0.05) is 24.5 Å². The number of benzene rings is 3. The molecular weight excluding hydrogens is 504 g/mol. The van der Waals surface area contributed by atoms with Crippen molar-refractivity contribution in [1.82, 2.24) is 14.5 Å². The number of hydrogen-bond acceptors (Lipinski definition) is 8. The van der Waals surface area contributed by atoms with Crippen LogP contribution in [-0.4, -0.2) is 28.8 Å². The minimum absolute atomic E-state index is 0.291. The van der Waals surface area contributed by atoms with Crippen LogP contribution in [-0.2, 0) is 6.54 Å². The summed E-state index contributed by atoms with van der Waals surface area (Å²) in [5.74, 6) is 1.75. The zero-order valence-corrected chi connectivity index (χ0v) is 21.8. The summed E-state index contributed by atoms with van der Waals surface area (Å²) in [5.41, 5.74) is 4.45. The van der Waals surface area contributed by atoms with Gasteiger partial charge in [-0.05, 0) is 59.7 Å². The lowest BCUT2D eigenvalue weighted by Crippen LogP contribution is -2.05. The van der Waals surface area contributed by atoms with Gasteiger partial charge < -0.3 is 24.1 Å². The summed E-state index contributed by atoms with van der Waals surface area (Å²) in [6.07, 6.45) is 4.97. The van der Waals surface area contributed by atoms with Crippen molar-refractivity contribution in [3.63, 3.8) is 0 Å². The molecule has 9 nitrogen and oxygen atoms in total. The van der Waals surface area contributed by atoms with Crippen molar-refractivity contribution in [2.45, 2.75) is 6.54 Å². The quantitative estimate of drug-likeness (QED) is 0.217. The molecule has 5 rings (SSSR count). The van der Waals surface area contributed by atoms with Gasteiger partial charge in [-0.25, -0.2) is 4.98 Å². The van der Waals surface area contributed by atoms with Crippen LogP contribution in [0.1, 0.15) is 16.7 Å². The van der Waals surface area contributed by atoms with E-state index in [1.807, 2.05) is 53.2 Å². The van der Waals surface area contributed by atoms with Gasteiger partial charge in [-0.1, -0.05) is 30.3 Å². The third-order valence-corrected chi connectivity index (χ3v) is 6.08. The summed E-state index contributed by atoms with van der Waals surface area (Å²) in [7, 11) is 3.07. The van der Waals surface area contributed by atoms with Gasteiger partial charge in [0.2, 0.25) is 17.6 Å². The minimum atomic E-state index is 0.291. The van der Waals surface area contributed by atoms with E-state index >= 15 is 0 Å². The zero-order chi connectivity index (χ0) is 27.9. The molecule has 5 aromatic rings. The zero-order valence-electron chi connectivity index (χ0n) is 21.8. The van der Waals surface area contributed by atoms with Crippen LogP contribution >= 0.6 is 0 Å². The first-order valence-electron chi connectivity index (χ1n) is 12.3. The molecule has 0 saturated heterocycles. The number of fused-ring (bicyclic) bond motifs is 1. The van der Waals surface area contributed by atoms with Gasteiger partial charge in [0.25, 0.3) is 0 Å². The molecule has 0 spiro atoms. The first kappa shape index (κ1) is 25.8. The predicted molar refractivity (Wildman–Crippen MR) is 152 cm³/mol. The standard InChI is InChI=1S/C31H24N6O3/c1-38-26-17-23(9-6-15-32)18-27(39-2)29(26)40-30-28-25(14-16-37(28)20-22-7-4-3-5-8-22)35-31(36-30)34-24-12-10-21(19-33)11-13-24/h3-14,16-18H,20H2,1-2H3,(H,34,35,36)/b9-6+. The molecule has 0 saturated carbocycles. The summed E-state index contributed by atoms with van der Waals surface area (Å²) < 4.78 is 19.7. The second-order valence-corrected chi connectivity index (χ2v) is 8.65. The van der Waals surface area contributed by atoms with E-state index in [4.69, 9.17) is 34.7 Å². The van der Waals surface area contributed by atoms with E-state index in [-0.39, 0.29) is 0 Å². The Kier molecular flexibility index (Phi) is 7.57. The molecule has 3 aromatic carbocycles. The molecule has 2 heterocycles. The lowest BCUT2D eigenvalue weighted by atomic mass is 10.1. The Labute approximate surface area is 231 Å². The first-order valence-corrected chi connectivity index (χ1v) is 12.3. The maximum absolute atomic E-state index is 9.11. The minimum Gasteiger partial charge on any atom is -0.493 e. The van der Waals surface area contributed by atoms with Crippen LogP contribution in [0.4, 0.5) is 11.6 Å². The van der Waals surface area contributed by atoms with Crippen molar-refractivity contribution in [1.29, 1.82) is 10.5 Å². The Balaban J connectivity index is 1.62. The molecule has 9 heteroatoms. The number of anilines is 2. The molecular formula is C31H24N6O3. The van der Waals surface area contributed by atoms with Crippen LogP contribution in [0.25, 0.3) is 17.1 Å². The number of hydrogen-bond donors (Lipinski definition) is 1. The molecule has 0 radical (unpaired) electrons. The summed E-state index contributed by atoms with van der Waals surface area (Å²) >= 11 is 0. The van der Waals surface area contributed by atoms with Gasteiger partial charge in [0.05, 0.1) is 37.4 Å². The van der Waals surface area contributed by atoms with Crippen molar-refractivity contribution in [2.24, 2.45) is 0 Å². The van der Waals surface area contributed by atoms with Crippen LogP contribution in [0, 0.1) is 22.7 Å². The van der Waals surface area contributed by atoms with E-state index in [2.05, 4.69) is 11.4 Å². The number of aromatic nitrogens is 3. The fraction of sp³-hybridized carbons (Fsp3) is 0.0968. The van der Waals surface area contributed by atoms with Crippen LogP contribution in [0.2, 0.25) is 0 Å². The molecule has 0 aliphatic rings. The second-order valence-electron chi connectivity index (χ2n) is 8.65. The number of rotatable bonds is 9. The number of methoxy groups -OCH3 is 2. The molecule has 1 N–H and O–H groups in total. The second kappa shape index (κ2) is 11.7. The van der Waals surface area contributed by atoms with Crippen molar-refractivity contribution >= 4 is 28.7 Å². The highest BCUT2D eigenvalue weighted by molar-refractivity contribution is 5.83. The van der Waals surface area contributed by atoms with Gasteiger partial charge in [-0.15, -0.1) is 0 Å². The summed E-state index contributed by atoms with van der Waals surface area (Å²) in [6.45, 7) is 0.582. The van der Waals surface area contributed by atoms with Gasteiger partial charge in [0.1, 0.15) is 5.52 Å². The normalized spacial score (nSPS) is 10.7. The van der Waals surface area contributed by atoms with E-state index in [0.717, 1.165) is 11.3 Å². The van der Waals surface area contributed by atoms with Gasteiger partial charge in [-0.2, -0.15) is 15.5 Å². The van der Waals surface area contributed by atoms with E-state index < -0.39 is 0 Å². The van der Waals surface area contributed by atoms with E-state index in [1.54, 1.807) is 42.5 Å². The molecule has 2 aromatic heterocycles. The smallest absolute Gasteiger partial charge is 0.249 e. The van der Waals surface area contributed by atoms with E-state index in [9.17, 15) is 0 Å². The highest BCUT2D eigenvalue weighted by Gasteiger charge is 2.20. The summed E-state index contributed by atoms with van der Waals surface area (Å²) in [6, 6.07) is 26.6. The lowest BCUT2D eigenvalue weighted by molar-refractivity contribution is 0.343. The van der Waals surface area contributed by atoms with Gasteiger partial charge in [-0.3, -0.25) is 0 Å². The molecule has 0 amide bonds.